The summed E-state index contributed by atoms with van der Waals surface area (Å²) in [5.41, 5.74) is 2.16. The van der Waals surface area contributed by atoms with Crippen LogP contribution < -0.4 is 5.32 Å². The fourth-order valence-corrected chi connectivity index (χ4v) is 4.31. The van der Waals surface area contributed by atoms with Crippen LogP contribution in [-0.4, -0.2) is 62.0 Å². The molecule has 0 aromatic heterocycles. The number of rotatable bonds is 6. The molecule has 1 aromatic rings. The van der Waals surface area contributed by atoms with E-state index in [0.717, 1.165) is 71.4 Å². The summed E-state index contributed by atoms with van der Waals surface area (Å²) in [5, 5.41) is 3.26. The van der Waals surface area contributed by atoms with Gasteiger partial charge in [-0.05, 0) is 45.3 Å². The summed E-state index contributed by atoms with van der Waals surface area (Å²) in [6.45, 7) is 8.60. The van der Waals surface area contributed by atoms with Gasteiger partial charge >= 0.3 is 0 Å². The molecule has 25 heavy (non-hydrogen) atoms. The lowest BCUT2D eigenvalue weighted by Crippen LogP contribution is -2.46. The van der Waals surface area contributed by atoms with Crippen LogP contribution in [0, 0.1) is 6.92 Å². The van der Waals surface area contributed by atoms with Crippen LogP contribution in [0.3, 0.4) is 0 Å². The predicted octanol–water partition coefficient (Wildman–Crippen LogP) is 2.56. The lowest BCUT2D eigenvalue weighted by atomic mass is 9.77. The third kappa shape index (κ3) is 4.42. The molecule has 1 aliphatic carbocycles. The Morgan fingerprint density at radius 1 is 1.16 bits per heavy atom. The quantitative estimate of drug-likeness (QED) is 0.807. The SMILES string of the molecule is Cc1cccc(C2(C(=O)NCCCN3CCN(C)CC3)CCCC2)c1. The first-order valence-electron chi connectivity index (χ1n) is 9.86. The van der Waals surface area contributed by atoms with E-state index >= 15 is 0 Å². The zero-order valence-electron chi connectivity index (χ0n) is 15.9. The topological polar surface area (TPSA) is 35.6 Å². The Morgan fingerprint density at radius 2 is 1.88 bits per heavy atom. The molecule has 1 saturated heterocycles. The minimum absolute atomic E-state index is 0.244. The van der Waals surface area contributed by atoms with Gasteiger partial charge < -0.3 is 15.1 Å². The molecule has 0 spiro atoms. The summed E-state index contributed by atoms with van der Waals surface area (Å²) in [6, 6.07) is 8.54. The van der Waals surface area contributed by atoms with Gasteiger partial charge in [-0.15, -0.1) is 0 Å². The number of nitrogens with one attached hydrogen (secondary N) is 1. The van der Waals surface area contributed by atoms with Gasteiger partial charge in [-0.2, -0.15) is 0 Å². The molecule has 4 heteroatoms. The molecule has 0 radical (unpaired) electrons. The second kappa shape index (κ2) is 8.33. The molecular weight excluding hydrogens is 310 g/mol. The molecule has 0 bridgehead atoms. The number of hydrogen-bond acceptors (Lipinski definition) is 3. The maximum Gasteiger partial charge on any atom is 0.230 e. The molecule has 1 amide bonds. The number of piperazine rings is 1. The summed E-state index contributed by atoms with van der Waals surface area (Å²) in [7, 11) is 2.18. The van der Waals surface area contributed by atoms with Crippen LogP contribution in [0.15, 0.2) is 24.3 Å². The number of carbonyl (C=O) groups is 1. The Kier molecular flexibility index (Phi) is 6.13. The molecule has 2 fully saturated rings. The van der Waals surface area contributed by atoms with E-state index in [1.807, 2.05) is 0 Å². The molecule has 1 N–H and O–H groups in total. The van der Waals surface area contributed by atoms with Crippen molar-refractivity contribution in [3.63, 3.8) is 0 Å². The van der Waals surface area contributed by atoms with Gasteiger partial charge in [0.25, 0.3) is 0 Å². The highest BCUT2D eigenvalue weighted by atomic mass is 16.2. The molecule has 4 nitrogen and oxygen atoms in total. The fraction of sp³-hybridized carbons (Fsp3) is 0.667. The summed E-state index contributed by atoms with van der Waals surface area (Å²) in [5.74, 6) is 0.244. The maximum absolute atomic E-state index is 13.0. The molecule has 0 unspecified atom stereocenters. The molecule has 1 saturated carbocycles. The van der Waals surface area contributed by atoms with Crippen molar-refractivity contribution in [2.45, 2.75) is 44.4 Å². The van der Waals surface area contributed by atoms with Crippen molar-refractivity contribution >= 4 is 5.91 Å². The van der Waals surface area contributed by atoms with Crippen LogP contribution >= 0.6 is 0 Å². The molecular formula is C21H33N3O. The summed E-state index contributed by atoms with van der Waals surface area (Å²) in [4.78, 5) is 17.9. The Morgan fingerprint density at radius 3 is 2.56 bits per heavy atom. The number of nitrogens with zero attached hydrogens (tertiary/aromatic N) is 2. The largest absolute Gasteiger partial charge is 0.355 e. The van der Waals surface area contributed by atoms with Gasteiger partial charge in [0.1, 0.15) is 0 Å². The molecule has 3 rings (SSSR count). The van der Waals surface area contributed by atoms with Gasteiger partial charge in [0, 0.05) is 32.7 Å². The molecule has 1 aliphatic heterocycles. The van der Waals surface area contributed by atoms with Gasteiger partial charge in [0.05, 0.1) is 5.41 Å². The van der Waals surface area contributed by atoms with E-state index in [9.17, 15) is 4.79 Å². The van der Waals surface area contributed by atoms with E-state index in [2.05, 4.69) is 53.4 Å². The predicted molar refractivity (Wildman–Crippen MR) is 103 cm³/mol. The average Bonchev–Trinajstić information content (AvgIpc) is 3.11. The van der Waals surface area contributed by atoms with Crippen molar-refractivity contribution in [2.75, 3.05) is 46.3 Å². The Bertz CT molecular complexity index is 572. The Balaban J connectivity index is 1.52. The van der Waals surface area contributed by atoms with Crippen molar-refractivity contribution in [2.24, 2.45) is 0 Å². The lowest BCUT2D eigenvalue weighted by molar-refractivity contribution is -0.126. The van der Waals surface area contributed by atoms with E-state index in [4.69, 9.17) is 0 Å². The standard InChI is InChI=1S/C21H33N3O/c1-18-7-5-8-19(17-18)21(9-3-4-10-21)20(25)22-11-6-12-24-15-13-23(2)14-16-24/h5,7-8,17H,3-4,6,9-16H2,1-2H3,(H,22,25). The van der Waals surface area contributed by atoms with Crippen molar-refractivity contribution < 1.29 is 4.79 Å². The second-order valence-corrected chi connectivity index (χ2v) is 7.91. The summed E-state index contributed by atoms with van der Waals surface area (Å²) in [6.07, 6.45) is 5.33. The van der Waals surface area contributed by atoms with Gasteiger partial charge in [-0.25, -0.2) is 0 Å². The van der Waals surface area contributed by atoms with Crippen LogP contribution in [0.25, 0.3) is 0 Å². The number of carbonyl (C=O) groups excluding carboxylic acids is 1. The van der Waals surface area contributed by atoms with Crippen LogP contribution in [0.4, 0.5) is 0 Å². The van der Waals surface area contributed by atoms with Crippen molar-refractivity contribution in [3.8, 4) is 0 Å². The van der Waals surface area contributed by atoms with Crippen molar-refractivity contribution in [1.82, 2.24) is 15.1 Å². The molecule has 0 atom stereocenters. The minimum Gasteiger partial charge on any atom is -0.355 e. The number of hydrogen-bond donors (Lipinski definition) is 1. The van der Waals surface area contributed by atoms with E-state index in [1.54, 1.807) is 0 Å². The highest BCUT2D eigenvalue weighted by Crippen LogP contribution is 2.41. The highest BCUT2D eigenvalue weighted by Gasteiger charge is 2.42. The van der Waals surface area contributed by atoms with Crippen LogP contribution in [-0.2, 0) is 10.2 Å². The highest BCUT2D eigenvalue weighted by molar-refractivity contribution is 5.88. The Hall–Kier alpha value is -1.39. The van der Waals surface area contributed by atoms with E-state index in [1.165, 1.54) is 11.1 Å². The molecule has 138 valence electrons. The van der Waals surface area contributed by atoms with E-state index < -0.39 is 0 Å². The zero-order valence-corrected chi connectivity index (χ0v) is 15.9. The van der Waals surface area contributed by atoms with Crippen molar-refractivity contribution in [3.05, 3.63) is 35.4 Å². The van der Waals surface area contributed by atoms with Gasteiger partial charge in [0.2, 0.25) is 5.91 Å². The number of benzene rings is 1. The van der Waals surface area contributed by atoms with Crippen LogP contribution in [0.5, 0.6) is 0 Å². The minimum atomic E-state index is -0.292. The molecule has 1 aromatic carbocycles. The first kappa shape index (κ1) is 18.4. The maximum atomic E-state index is 13.0. The van der Waals surface area contributed by atoms with Crippen LogP contribution in [0.1, 0.15) is 43.2 Å². The second-order valence-electron chi connectivity index (χ2n) is 7.91. The normalized spacial score (nSPS) is 21.4. The lowest BCUT2D eigenvalue weighted by Gasteiger charge is -2.32. The summed E-state index contributed by atoms with van der Waals surface area (Å²) >= 11 is 0. The third-order valence-corrected chi connectivity index (χ3v) is 5.99. The van der Waals surface area contributed by atoms with E-state index in [-0.39, 0.29) is 11.3 Å². The van der Waals surface area contributed by atoms with Crippen LogP contribution in [0.2, 0.25) is 0 Å². The summed E-state index contributed by atoms with van der Waals surface area (Å²) < 4.78 is 0. The smallest absolute Gasteiger partial charge is 0.230 e. The zero-order chi connectivity index (χ0) is 17.7. The fourth-order valence-electron chi connectivity index (χ4n) is 4.31. The first-order chi connectivity index (χ1) is 12.1. The Labute approximate surface area is 152 Å². The first-order valence-corrected chi connectivity index (χ1v) is 9.86. The molecule has 1 heterocycles. The van der Waals surface area contributed by atoms with Gasteiger partial charge in [-0.3, -0.25) is 4.79 Å². The number of amides is 1. The number of likely N-dealkylation sites (N-methyl/N-ethyl adjacent to an activating group) is 1. The third-order valence-electron chi connectivity index (χ3n) is 5.99. The van der Waals surface area contributed by atoms with Gasteiger partial charge in [-0.1, -0.05) is 42.7 Å². The van der Waals surface area contributed by atoms with E-state index in [0.29, 0.717) is 0 Å². The van der Waals surface area contributed by atoms with Gasteiger partial charge in [0.15, 0.2) is 0 Å². The monoisotopic (exact) mass is 343 g/mol. The average molecular weight is 344 g/mol. The number of aryl methyl sites for hydroxylation is 1. The molecule has 2 aliphatic rings. The van der Waals surface area contributed by atoms with Crippen molar-refractivity contribution in [1.29, 1.82) is 0 Å².